The van der Waals surface area contributed by atoms with Crippen LogP contribution < -0.4 is 11.3 Å². The van der Waals surface area contributed by atoms with Crippen LogP contribution in [0.3, 0.4) is 0 Å². The molecule has 2 aromatic rings. The minimum absolute atomic E-state index is 0.117. The van der Waals surface area contributed by atoms with Crippen LogP contribution in [0.15, 0.2) is 39.6 Å². The molecule has 13 heavy (non-hydrogen) atoms. The van der Waals surface area contributed by atoms with E-state index in [1.54, 1.807) is 0 Å². The highest BCUT2D eigenvalue weighted by Crippen LogP contribution is 2.21. The summed E-state index contributed by atoms with van der Waals surface area (Å²) in [5.41, 5.74) is 6.01. The van der Waals surface area contributed by atoms with Crippen molar-refractivity contribution in [2.24, 2.45) is 0 Å². The largest absolute Gasteiger partial charge is 0.391 e. The van der Waals surface area contributed by atoms with Crippen LogP contribution >= 0.6 is 0 Å². The summed E-state index contributed by atoms with van der Waals surface area (Å²) in [4.78, 5) is 10.9. The van der Waals surface area contributed by atoms with Crippen molar-refractivity contribution in [2.45, 2.75) is 0 Å². The average molecular weight is 176 g/mol. The fourth-order valence-electron chi connectivity index (χ4n) is 1.11. The molecule has 1 aromatic carbocycles. The Morgan fingerprint density at radius 2 is 1.92 bits per heavy atom. The van der Waals surface area contributed by atoms with Gasteiger partial charge in [0.05, 0.1) is 0 Å². The Balaban J connectivity index is 2.60. The van der Waals surface area contributed by atoms with Crippen molar-refractivity contribution in [2.75, 3.05) is 5.73 Å². The summed E-state index contributed by atoms with van der Waals surface area (Å²) in [6.45, 7) is 0. The quantitative estimate of drug-likeness (QED) is 0.686. The maximum atomic E-state index is 10.9. The fraction of sp³-hybridized carbons (Fsp3) is 0. The van der Waals surface area contributed by atoms with Gasteiger partial charge in [-0.25, -0.2) is 0 Å². The molecule has 0 aliphatic heterocycles. The highest BCUT2D eigenvalue weighted by atomic mass is 16.5. The molecule has 0 saturated heterocycles. The lowest BCUT2D eigenvalue weighted by Gasteiger charge is -1.94. The van der Waals surface area contributed by atoms with E-state index >= 15 is 0 Å². The van der Waals surface area contributed by atoms with E-state index in [1.807, 2.05) is 30.3 Å². The van der Waals surface area contributed by atoms with Crippen molar-refractivity contribution >= 4 is 5.69 Å². The number of H-pyrrole nitrogens is 1. The number of nitrogen functional groups attached to an aromatic ring is 1. The average Bonchev–Trinajstić information content (AvgIpc) is 2.49. The van der Waals surface area contributed by atoms with Crippen molar-refractivity contribution in [3.63, 3.8) is 0 Å². The third kappa shape index (κ3) is 1.22. The van der Waals surface area contributed by atoms with Gasteiger partial charge in [-0.3, -0.25) is 4.79 Å². The van der Waals surface area contributed by atoms with Crippen LogP contribution in [0.5, 0.6) is 0 Å². The second kappa shape index (κ2) is 2.82. The first-order chi connectivity index (χ1) is 6.29. The molecule has 1 heterocycles. The number of benzene rings is 1. The zero-order chi connectivity index (χ0) is 9.26. The molecule has 0 fully saturated rings. The van der Waals surface area contributed by atoms with E-state index in [0.29, 0.717) is 5.76 Å². The molecule has 1 aromatic heterocycles. The molecule has 0 atom stereocenters. The maximum absolute atomic E-state index is 10.9. The summed E-state index contributed by atoms with van der Waals surface area (Å²) < 4.78 is 4.92. The second-order valence-corrected chi connectivity index (χ2v) is 2.64. The predicted molar refractivity (Wildman–Crippen MR) is 49.2 cm³/mol. The van der Waals surface area contributed by atoms with Crippen molar-refractivity contribution < 1.29 is 4.52 Å². The van der Waals surface area contributed by atoms with Gasteiger partial charge in [0.2, 0.25) is 0 Å². The van der Waals surface area contributed by atoms with E-state index in [-0.39, 0.29) is 11.2 Å². The maximum Gasteiger partial charge on any atom is 0.303 e. The second-order valence-electron chi connectivity index (χ2n) is 2.64. The molecule has 0 bridgehead atoms. The summed E-state index contributed by atoms with van der Waals surface area (Å²) in [7, 11) is 0. The molecule has 4 heteroatoms. The van der Waals surface area contributed by atoms with E-state index in [9.17, 15) is 4.79 Å². The van der Waals surface area contributed by atoms with Crippen LogP contribution in [0, 0.1) is 0 Å². The summed E-state index contributed by atoms with van der Waals surface area (Å²) in [6.07, 6.45) is 0. The number of aromatic amines is 1. The SMILES string of the molecule is Nc1c(-c2ccccc2)o[nH]c1=O. The summed E-state index contributed by atoms with van der Waals surface area (Å²) >= 11 is 0. The van der Waals surface area contributed by atoms with E-state index in [1.165, 1.54) is 0 Å². The van der Waals surface area contributed by atoms with Crippen LogP contribution in [0.2, 0.25) is 0 Å². The topological polar surface area (TPSA) is 72.0 Å². The summed E-state index contributed by atoms with van der Waals surface area (Å²) in [5.74, 6) is 0.394. The number of rotatable bonds is 1. The third-order valence-corrected chi connectivity index (χ3v) is 1.77. The molecule has 0 saturated carbocycles. The van der Waals surface area contributed by atoms with Gasteiger partial charge in [-0.15, -0.1) is 0 Å². The van der Waals surface area contributed by atoms with Gasteiger partial charge in [-0.2, -0.15) is 5.16 Å². The minimum Gasteiger partial charge on any atom is -0.391 e. The Hall–Kier alpha value is -1.97. The number of nitrogens with two attached hydrogens (primary N) is 1. The van der Waals surface area contributed by atoms with E-state index in [0.717, 1.165) is 5.56 Å². The molecule has 0 spiro atoms. The smallest absolute Gasteiger partial charge is 0.303 e. The molecule has 0 amide bonds. The first-order valence-electron chi connectivity index (χ1n) is 3.81. The lowest BCUT2D eigenvalue weighted by Crippen LogP contribution is -2.04. The van der Waals surface area contributed by atoms with Gasteiger partial charge in [-0.05, 0) is 0 Å². The van der Waals surface area contributed by atoms with Crippen LogP contribution in [0.4, 0.5) is 5.69 Å². The van der Waals surface area contributed by atoms with Gasteiger partial charge >= 0.3 is 5.56 Å². The Morgan fingerprint density at radius 3 is 2.46 bits per heavy atom. The summed E-state index contributed by atoms with van der Waals surface area (Å²) in [6, 6.07) is 9.22. The van der Waals surface area contributed by atoms with Crippen LogP contribution in [-0.2, 0) is 0 Å². The van der Waals surface area contributed by atoms with E-state index in [4.69, 9.17) is 10.3 Å². The molecule has 0 unspecified atom stereocenters. The molecule has 0 aliphatic rings. The number of nitrogens with one attached hydrogen (secondary N) is 1. The molecular formula is C9H8N2O2. The van der Waals surface area contributed by atoms with Gasteiger partial charge in [0.1, 0.15) is 5.69 Å². The number of anilines is 1. The lowest BCUT2D eigenvalue weighted by atomic mass is 10.1. The molecule has 0 radical (unpaired) electrons. The van der Waals surface area contributed by atoms with Gasteiger partial charge in [0, 0.05) is 5.56 Å². The van der Waals surface area contributed by atoms with Gasteiger partial charge in [-0.1, -0.05) is 30.3 Å². The molecule has 4 nitrogen and oxygen atoms in total. The van der Waals surface area contributed by atoms with Crippen molar-refractivity contribution in [1.29, 1.82) is 0 Å². The van der Waals surface area contributed by atoms with Crippen LogP contribution in [0.25, 0.3) is 11.3 Å². The van der Waals surface area contributed by atoms with Gasteiger partial charge < -0.3 is 10.3 Å². The van der Waals surface area contributed by atoms with Crippen LogP contribution in [-0.4, -0.2) is 5.16 Å². The molecule has 2 rings (SSSR count). The van der Waals surface area contributed by atoms with Crippen molar-refractivity contribution in [3.05, 3.63) is 40.7 Å². The lowest BCUT2D eigenvalue weighted by molar-refractivity contribution is 0.426. The van der Waals surface area contributed by atoms with E-state index < -0.39 is 0 Å². The normalized spacial score (nSPS) is 10.2. The zero-order valence-electron chi connectivity index (χ0n) is 6.78. The first kappa shape index (κ1) is 7.67. The third-order valence-electron chi connectivity index (χ3n) is 1.77. The van der Waals surface area contributed by atoms with Crippen molar-refractivity contribution in [1.82, 2.24) is 5.16 Å². The molecular weight excluding hydrogens is 168 g/mol. The standard InChI is InChI=1S/C9H8N2O2/c10-7-8(13-11-9(7)12)6-4-2-1-3-5-6/h1-5H,10H2,(H,11,12). The van der Waals surface area contributed by atoms with Gasteiger partial charge in [0.25, 0.3) is 0 Å². The monoisotopic (exact) mass is 176 g/mol. The Labute approximate surface area is 74.0 Å². The molecule has 0 aliphatic carbocycles. The fourth-order valence-corrected chi connectivity index (χ4v) is 1.11. The zero-order valence-corrected chi connectivity index (χ0v) is 6.78. The van der Waals surface area contributed by atoms with Gasteiger partial charge in [0.15, 0.2) is 5.76 Å². The Kier molecular flexibility index (Phi) is 1.66. The number of hydrogen-bond donors (Lipinski definition) is 2. The first-order valence-corrected chi connectivity index (χ1v) is 3.81. The number of hydrogen-bond acceptors (Lipinski definition) is 3. The van der Waals surface area contributed by atoms with Crippen LogP contribution in [0.1, 0.15) is 0 Å². The Bertz CT molecular complexity index is 456. The number of aromatic nitrogens is 1. The van der Waals surface area contributed by atoms with E-state index in [2.05, 4.69) is 5.16 Å². The molecule has 3 N–H and O–H groups in total. The summed E-state index contributed by atoms with van der Waals surface area (Å²) in [5, 5.41) is 2.18. The highest BCUT2D eigenvalue weighted by Gasteiger charge is 2.09. The predicted octanol–water partition coefficient (Wildman–Crippen LogP) is 1.22. The minimum atomic E-state index is -0.390. The molecule has 66 valence electrons. The van der Waals surface area contributed by atoms with Crippen molar-refractivity contribution in [3.8, 4) is 11.3 Å². The highest BCUT2D eigenvalue weighted by molar-refractivity contribution is 5.69. The Morgan fingerprint density at radius 1 is 1.23 bits per heavy atom.